The first-order chi connectivity index (χ1) is 10.2. The minimum atomic E-state index is -1.43. The molecule has 1 aliphatic heterocycles. The fraction of sp³-hybridized carbons (Fsp3) is 0.600. The van der Waals surface area contributed by atoms with Crippen molar-refractivity contribution in [2.75, 3.05) is 26.4 Å². The van der Waals surface area contributed by atoms with Gasteiger partial charge in [0.05, 0.1) is 12.7 Å². The lowest BCUT2D eigenvalue weighted by Crippen LogP contribution is -2.19. The van der Waals surface area contributed by atoms with Crippen molar-refractivity contribution in [1.82, 2.24) is 5.32 Å². The van der Waals surface area contributed by atoms with Crippen LogP contribution in [0.25, 0.3) is 0 Å². The van der Waals surface area contributed by atoms with Gasteiger partial charge in [-0.15, -0.1) is 0 Å². The molecule has 3 nitrogen and oxygen atoms in total. The Hall–Kier alpha value is -1.11. The molecule has 118 valence electrons. The minimum Gasteiger partial charge on any atom is -0.379 e. The van der Waals surface area contributed by atoms with E-state index in [9.17, 15) is 13.2 Å². The summed E-state index contributed by atoms with van der Waals surface area (Å²) in [7, 11) is 0. The van der Waals surface area contributed by atoms with Crippen LogP contribution >= 0.6 is 0 Å². The molecule has 21 heavy (non-hydrogen) atoms. The summed E-state index contributed by atoms with van der Waals surface area (Å²) in [6.45, 7) is 3.00. The topological polar surface area (TPSA) is 30.5 Å². The quantitative estimate of drug-likeness (QED) is 0.592. The van der Waals surface area contributed by atoms with Gasteiger partial charge in [0.2, 0.25) is 0 Å². The third-order valence-electron chi connectivity index (χ3n) is 3.34. The minimum absolute atomic E-state index is 0.225. The van der Waals surface area contributed by atoms with Gasteiger partial charge in [-0.05, 0) is 43.5 Å². The number of halogens is 3. The van der Waals surface area contributed by atoms with E-state index < -0.39 is 17.5 Å². The number of rotatable bonds is 8. The summed E-state index contributed by atoms with van der Waals surface area (Å²) in [5.74, 6) is -3.75. The highest BCUT2D eigenvalue weighted by atomic mass is 19.2. The molecule has 1 fully saturated rings. The summed E-state index contributed by atoms with van der Waals surface area (Å²) in [5.41, 5.74) is 0.381. The van der Waals surface area contributed by atoms with E-state index in [1.807, 2.05) is 0 Å². The maximum absolute atomic E-state index is 13.0. The van der Waals surface area contributed by atoms with E-state index in [0.29, 0.717) is 31.9 Å². The van der Waals surface area contributed by atoms with E-state index in [2.05, 4.69) is 5.32 Å². The molecular weight excluding hydrogens is 283 g/mol. The van der Waals surface area contributed by atoms with Gasteiger partial charge in [-0.3, -0.25) is 0 Å². The van der Waals surface area contributed by atoms with Gasteiger partial charge < -0.3 is 14.8 Å². The Labute approximate surface area is 122 Å². The van der Waals surface area contributed by atoms with Crippen molar-refractivity contribution in [3.8, 4) is 0 Å². The van der Waals surface area contributed by atoms with Gasteiger partial charge in [0.1, 0.15) is 0 Å². The zero-order chi connectivity index (χ0) is 15.1. The molecule has 1 aromatic carbocycles. The van der Waals surface area contributed by atoms with Gasteiger partial charge in [-0.2, -0.15) is 0 Å². The van der Waals surface area contributed by atoms with Crippen molar-refractivity contribution >= 4 is 0 Å². The van der Waals surface area contributed by atoms with Crippen molar-refractivity contribution in [2.45, 2.75) is 31.9 Å². The Balaban J connectivity index is 1.55. The Kier molecular flexibility index (Phi) is 6.48. The molecule has 1 heterocycles. The maximum atomic E-state index is 13.0. The molecule has 1 aromatic rings. The molecule has 1 aliphatic rings. The van der Waals surface area contributed by atoms with Gasteiger partial charge in [0.25, 0.3) is 0 Å². The van der Waals surface area contributed by atoms with Crippen LogP contribution < -0.4 is 5.32 Å². The van der Waals surface area contributed by atoms with E-state index in [0.717, 1.165) is 38.0 Å². The average Bonchev–Trinajstić information content (AvgIpc) is 2.97. The van der Waals surface area contributed by atoms with Crippen LogP contribution in [0.1, 0.15) is 24.8 Å². The molecule has 1 atom stereocenters. The molecule has 1 N–H and O–H groups in total. The van der Waals surface area contributed by atoms with Crippen LogP contribution in [-0.4, -0.2) is 32.5 Å². The molecule has 0 radical (unpaired) electrons. The second-order valence-electron chi connectivity index (χ2n) is 5.11. The normalized spacial score (nSPS) is 18.3. The Morgan fingerprint density at radius 3 is 2.67 bits per heavy atom. The molecule has 2 rings (SSSR count). The molecule has 1 saturated heterocycles. The fourth-order valence-corrected chi connectivity index (χ4v) is 2.23. The summed E-state index contributed by atoms with van der Waals surface area (Å²) in [4.78, 5) is 0. The summed E-state index contributed by atoms with van der Waals surface area (Å²) < 4.78 is 49.7. The second kappa shape index (κ2) is 8.36. The van der Waals surface area contributed by atoms with Crippen LogP contribution in [0.3, 0.4) is 0 Å². The van der Waals surface area contributed by atoms with Gasteiger partial charge in [-0.1, -0.05) is 0 Å². The first-order valence-corrected chi connectivity index (χ1v) is 7.20. The van der Waals surface area contributed by atoms with Crippen LogP contribution in [-0.2, 0) is 16.0 Å². The molecular formula is C15H20F3NO2. The first-order valence-electron chi connectivity index (χ1n) is 7.20. The lowest BCUT2D eigenvalue weighted by molar-refractivity contribution is 0.0166. The van der Waals surface area contributed by atoms with E-state index in [4.69, 9.17) is 9.47 Å². The summed E-state index contributed by atoms with van der Waals surface area (Å²) in [6.07, 6.45) is 3.17. The monoisotopic (exact) mass is 303 g/mol. The molecule has 0 aliphatic carbocycles. The SMILES string of the molecule is Fc1cc(CNCCCOCC2CCCO2)cc(F)c1F. The molecule has 0 aromatic heterocycles. The van der Waals surface area contributed by atoms with Crippen molar-refractivity contribution in [2.24, 2.45) is 0 Å². The van der Waals surface area contributed by atoms with Gasteiger partial charge in [-0.25, -0.2) is 13.2 Å². The van der Waals surface area contributed by atoms with Crippen LogP contribution in [0.2, 0.25) is 0 Å². The van der Waals surface area contributed by atoms with Crippen LogP contribution in [0.4, 0.5) is 13.2 Å². The zero-order valence-electron chi connectivity index (χ0n) is 11.8. The van der Waals surface area contributed by atoms with Crippen molar-refractivity contribution in [1.29, 1.82) is 0 Å². The second-order valence-corrected chi connectivity index (χ2v) is 5.11. The number of hydrogen-bond acceptors (Lipinski definition) is 3. The zero-order valence-corrected chi connectivity index (χ0v) is 11.8. The lowest BCUT2D eigenvalue weighted by atomic mass is 10.2. The van der Waals surface area contributed by atoms with Gasteiger partial charge in [0.15, 0.2) is 17.5 Å². The molecule has 1 unspecified atom stereocenters. The Morgan fingerprint density at radius 1 is 1.24 bits per heavy atom. The smallest absolute Gasteiger partial charge is 0.194 e. The highest BCUT2D eigenvalue weighted by Gasteiger charge is 2.14. The summed E-state index contributed by atoms with van der Waals surface area (Å²) in [6, 6.07) is 2.00. The van der Waals surface area contributed by atoms with Crippen LogP contribution in [0, 0.1) is 17.5 Å². The first kappa shape index (κ1) is 16.3. The standard InChI is InChI=1S/C15H20F3NO2/c16-13-7-11(8-14(17)15(13)18)9-19-4-2-5-20-10-12-3-1-6-21-12/h7-8,12,19H,1-6,9-10H2. The van der Waals surface area contributed by atoms with E-state index in [1.165, 1.54) is 0 Å². The van der Waals surface area contributed by atoms with Crippen LogP contribution in [0.5, 0.6) is 0 Å². The molecule has 6 heteroatoms. The number of nitrogens with one attached hydrogen (secondary N) is 1. The lowest BCUT2D eigenvalue weighted by Gasteiger charge is -2.10. The number of hydrogen-bond donors (Lipinski definition) is 1. The highest BCUT2D eigenvalue weighted by Crippen LogP contribution is 2.13. The predicted octanol–water partition coefficient (Wildman–Crippen LogP) is 2.78. The Morgan fingerprint density at radius 2 is 2.00 bits per heavy atom. The largest absolute Gasteiger partial charge is 0.379 e. The number of benzene rings is 1. The predicted molar refractivity (Wildman–Crippen MR) is 72.4 cm³/mol. The van der Waals surface area contributed by atoms with Crippen LogP contribution in [0.15, 0.2) is 12.1 Å². The molecule has 0 spiro atoms. The third-order valence-corrected chi connectivity index (χ3v) is 3.34. The number of ether oxygens (including phenoxy) is 2. The van der Waals surface area contributed by atoms with Gasteiger partial charge >= 0.3 is 0 Å². The van der Waals surface area contributed by atoms with Crippen molar-refractivity contribution in [3.63, 3.8) is 0 Å². The fourth-order valence-electron chi connectivity index (χ4n) is 2.23. The van der Waals surface area contributed by atoms with E-state index >= 15 is 0 Å². The molecule has 0 saturated carbocycles. The maximum Gasteiger partial charge on any atom is 0.194 e. The molecule has 0 bridgehead atoms. The van der Waals surface area contributed by atoms with E-state index in [1.54, 1.807) is 0 Å². The van der Waals surface area contributed by atoms with Crippen molar-refractivity contribution in [3.05, 3.63) is 35.1 Å². The summed E-state index contributed by atoms with van der Waals surface area (Å²) in [5, 5.41) is 3.04. The highest BCUT2D eigenvalue weighted by molar-refractivity contribution is 5.19. The van der Waals surface area contributed by atoms with Gasteiger partial charge in [0, 0.05) is 19.8 Å². The molecule has 0 amide bonds. The summed E-state index contributed by atoms with van der Waals surface area (Å²) >= 11 is 0. The van der Waals surface area contributed by atoms with E-state index in [-0.39, 0.29) is 6.10 Å². The average molecular weight is 303 g/mol. The third kappa shape index (κ3) is 5.30. The Bertz CT molecular complexity index is 428. The van der Waals surface area contributed by atoms with Crippen molar-refractivity contribution < 1.29 is 22.6 Å².